The van der Waals surface area contributed by atoms with Gasteiger partial charge in [-0.05, 0) is 23.8 Å². The summed E-state index contributed by atoms with van der Waals surface area (Å²) in [5, 5.41) is 13.0. The highest BCUT2D eigenvalue weighted by molar-refractivity contribution is 6.20. The van der Waals surface area contributed by atoms with Gasteiger partial charge in [0.15, 0.2) is 0 Å². The molecular formula is C17H12ClF3N2O4. The van der Waals surface area contributed by atoms with E-state index < -0.39 is 28.3 Å². The fourth-order valence-electron chi connectivity index (χ4n) is 1.94. The summed E-state index contributed by atoms with van der Waals surface area (Å²) >= 11 is 4.74. The lowest BCUT2D eigenvalue weighted by molar-refractivity contribution is -0.384. The molecule has 1 amide bonds. The van der Waals surface area contributed by atoms with Gasteiger partial charge in [0.25, 0.3) is 11.3 Å². The van der Waals surface area contributed by atoms with E-state index in [9.17, 15) is 28.1 Å². The molecule has 0 fully saturated rings. The van der Waals surface area contributed by atoms with Crippen LogP contribution in [0.1, 0.15) is 5.56 Å². The van der Waals surface area contributed by atoms with E-state index in [0.29, 0.717) is 5.56 Å². The number of nitrogens with one attached hydrogen (secondary N) is 1. The Morgan fingerprint density at radius 2 is 1.96 bits per heavy atom. The third kappa shape index (κ3) is 5.71. The van der Waals surface area contributed by atoms with Crippen LogP contribution in [0.5, 0.6) is 5.75 Å². The van der Waals surface area contributed by atoms with Gasteiger partial charge in [0.05, 0.1) is 10.6 Å². The van der Waals surface area contributed by atoms with Gasteiger partial charge in [-0.25, -0.2) is 4.39 Å². The average Bonchev–Trinajstić information content (AvgIpc) is 2.61. The predicted molar refractivity (Wildman–Crippen MR) is 93.5 cm³/mol. The zero-order chi connectivity index (χ0) is 20.0. The van der Waals surface area contributed by atoms with Crippen molar-refractivity contribution in [1.82, 2.24) is 0 Å². The quantitative estimate of drug-likeness (QED) is 0.314. The first-order valence-corrected chi connectivity index (χ1v) is 7.80. The minimum Gasteiger partial charge on any atom is -0.427 e. The third-order valence-corrected chi connectivity index (χ3v) is 3.41. The van der Waals surface area contributed by atoms with Gasteiger partial charge in [0, 0.05) is 18.2 Å². The van der Waals surface area contributed by atoms with Crippen molar-refractivity contribution in [2.24, 2.45) is 0 Å². The van der Waals surface area contributed by atoms with Crippen LogP contribution in [0.4, 0.5) is 24.5 Å². The number of para-hydroxylation sites is 2. The van der Waals surface area contributed by atoms with Crippen LogP contribution in [-0.2, 0) is 4.79 Å². The summed E-state index contributed by atoms with van der Waals surface area (Å²) in [5.74, 6) is -1.20. The van der Waals surface area contributed by atoms with E-state index in [1.807, 2.05) is 0 Å². The number of hydrogen-bond acceptors (Lipinski definition) is 4. The molecule has 0 heterocycles. The molecule has 0 bridgehead atoms. The number of benzene rings is 2. The Labute approximate surface area is 156 Å². The lowest BCUT2D eigenvalue weighted by Gasteiger charge is -2.19. The van der Waals surface area contributed by atoms with Crippen LogP contribution in [0.25, 0.3) is 6.08 Å². The molecule has 0 spiro atoms. The standard InChI is InChI=1S/C17H12ClF3N2O4/c18-16(19)17(20,21)27-14-7-2-1-6-13(14)22-15(24)9-8-11-4-3-5-12(10-11)23(25)26/h1-10,16H,(H,22,24)/b9-8+. The van der Waals surface area contributed by atoms with E-state index in [-0.39, 0.29) is 11.4 Å². The molecule has 0 aliphatic rings. The number of rotatable bonds is 7. The topological polar surface area (TPSA) is 81.5 Å². The lowest BCUT2D eigenvalue weighted by Crippen LogP contribution is -2.33. The molecule has 2 rings (SSSR count). The first-order chi connectivity index (χ1) is 12.7. The number of nitro groups is 1. The summed E-state index contributed by atoms with van der Waals surface area (Å²) in [6.07, 6.45) is -1.94. The summed E-state index contributed by atoms with van der Waals surface area (Å²) in [5.41, 5.74) is -2.98. The number of nitrogens with zero attached hydrogens (tertiary/aromatic N) is 1. The number of ether oxygens (including phenoxy) is 1. The van der Waals surface area contributed by atoms with Crippen LogP contribution in [-0.4, -0.2) is 22.6 Å². The normalized spacial score (nSPS) is 12.6. The highest BCUT2D eigenvalue weighted by Gasteiger charge is 2.42. The van der Waals surface area contributed by atoms with E-state index in [2.05, 4.69) is 10.1 Å². The third-order valence-electron chi connectivity index (χ3n) is 3.15. The van der Waals surface area contributed by atoms with E-state index in [4.69, 9.17) is 11.6 Å². The number of nitro benzene ring substituents is 1. The van der Waals surface area contributed by atoms with E-state index in [1.165, 1.54) is 48.5 Å². The number of halogens is 4. The van der Waals surface area contributed by atoms with Crippen LogP contribution in [0.3, 0.4) is 0 Å². The maximum atomic E-state index is 13.3. The van der Waals surface area contributed by atoms with Crippen molar-refractivity contribution in [3.05, 3.63) is 70.3 Å². The Morgan fingerprint density at radius 3 is 2.63 bits per heavy atom. The van der Waals surface area contributed by atoms with Gasteiger partial charge in [-0.2, -0.15) is 8.78 Å². The van der Waals surface area contributed by atoms with E-state index >= 15 is 0 Å². The fourth-order valence-corrected chi connectivity index (χ4v) is 1.98. The summed E-state index contributed by atoms with van der Waals surface area (Å²) in [4.78, 5) is 22.1. The summed E-state index contributed by atoms with van der Waals surface area (Å²) in [7, 11) is 0. The molecule has 0 aliphatic heterocycles. The second kappa shape index (κ2) is 8.54. The Hall–Kier alpha value is -3.07. The molecule has 0 saturated carbocycles. The molecule has 1 atom stereocenters. The molecular weight excluding hydrogens is 389 g/mol. The van der Waals surface area contributed by atoms with Gasteiger partial charge in [0.2, 0.25) is 5.91 Å². The van der Waals surface area contributed by atoms with E-state index in [1.54, 1.807) is 0 Å². The monoisotopic (exact) mass is 400 g/mol. The first kappa shape index (κ1) is 20.2. The number of carbonyl (C=O) groups excluding carboxylic acids is 1. The predicted octanol–water partition coefficient (Wildman–Crippen LogP) is 4.75. The minimum absolute atomic E-state index is 0.136. The van der Waals surface area contributed by atoms with Crippen LogP contribution in [0, 0.1) is 10.1 Å². The smallest absolute Gasteiger partial charge is 0.427 e. The van der Waals surface area contributed by atoms with Gasteiger partial charge in [-0.3, -0.25) is 14.9 Å². The van der Waals surface area contributed by atoms with Crippen molar-refractivity contribution in [3.63, 3.8) is 0 Å². The van der Waals surface area contributed by atoms with Crippen molar-refractivity contribution in [2.45, 2.75) is 11.7 Å². The van der Waals surface area contributed by atoms with Gasteiger partial charge < -0.3 is 10.1 Å². The second-order valence-electron chi connectivity index (χ2n) is 5.14. The Morgan fingerprint density at radius 1 is 1.26 bits per heavy atom. The van der Waals surface area contributed by atoms with Crippen LogP contribution >= 0.6 is 11.6 Å². The molecule has 10 heteroatoms. The zero-order valence-corrected chi connectivity index (χ0v) is 14.2. The summed E-state index contributed by atoms with van der Waals surface area (Å²) in [6.45, 7) is 0. The van der Waals surface area contributed by atoms with Gasteiger partial charge in [-0.15, -0.1) is 0 Å². The maximum Gasteiger partial charge on any atom is 0.444 e. The Balaban J connectivity index is 2.12. The summed E-state index contributed by atoms with van der Waals surface area (Å²) < 4.78 is 43.6. The van der Waals surface area contributed by atoms with Crippen LogP contribution in [0.2, 0.25) is 0 Å². The number of anilines is 1. The molecule has 142 valence electrons. The number of alkyl halides is 4. The molecule has 0 radical (unpaired) electrons. The average molecular weight is 401 g/mol. The molecule has 0 aliphatic carbocycles. The minimum atomic E-state index is -4.29. The molecule has 0 saturated heterocycles. The van der Waals surface area contributed by atoms with Gasteiger partial charge in [-0.1, -0.05) is 35.9 Å². The number of carbonyl (C=O) groups is 1. The van der Waals surface area contributed by atoms with Crippen molar-refractivity contribution >= 4 is 35.0 Å². The Kier molecular flexibility index (Phi) is 6.40. The molecule has 27 heavy (non-hydrogen) atoms. The molecule has 1 N–H and O–H groups in total. The van der Waals surface area contributed by atoms with Crippen molar-refractivity contribution in [1.29, 1.82) is 0 Å². The number of amides is 1. The zero-order valence-electron chi connectivity index (χ0n) is 13.4. The molecule has 6 nitrogen and oxygen atoms in total. The highest BCUT2D eigenvalue weighted by Crippen LogP contribution is 2.33. The second-order valence-corrected chi connectivity index (χ2v) is 5.52. The first-order valence-electron chi connectivity index (χ1n) is 7.36. The van der Waals surface area contributed by atoms with Crippen molar-refractivity contribution in [2.75, 3.05) is 5.32 Å². The summed E-state index contributed by atoms with van der Waals surface area (Å²) in [6, 6.07) is 10.7. The number of hydrogen-bond donors (Lipinski definition) is 1. The Bertz CT molecular complexity index is 875. The van der Waals surface area contributed by atoms with Crippen LogP contribution in [0.15, 0.2) is 54.6 Å². The van der Waals surface area contributed by atoms with E-state index in [0.717, 1.165) is 12.1 Å². The van der Waals surface area contributed by atoms with Crippen molar-refractivity contribution < 1.29 is 27.6 Å². The lowest BCUT2D eigenvalue weighted by atomic mass is 10.2. The SMILES string of the molecule is O=C(/C=C/c1cccc([N+](=O)[O-])c1)Nc1ccccc1OC(F)(F)C(F)Cl. The molecule has 2 aromatic carbocycles. The molecule has 2 aromatic rings. The largest absolute Gasteiger partial charge is 0.444 e. The van der Waals surface area contributed by atoms with Crippen molar-refractivity contribution in [3.8, 4) is 5.75 Å². The van der Waals surface area contributed by atoms with Crippen LogP contribution < -0.4 is 10.1 Å². The maximum absolute atomic E-state index is 13.3. The van der Waals surface area contributed by atoms with Gasteiger partial charge >= 0.3 is 6.11 Å². The highest BCUT2D eigenvalue weighted by atomic mass is 35.5. The fraction of sp³-hybridized carbons (Fsp3) is 0.118. The van der Waals surface area contributed by atoms with Gasteiger partial charge in [0.1, 0.15) is 5.75 Å². The molecule has 0 aromatic heterocycles. The molecule has 1 unspecified atom stereocenters. The number of non-ortho nitro benzene ring substituents is 1.